The molecule has 17 heavy (non-hydrogen) atoms. The molecule has 0 aliphatic rings. The highest BCUT2D eigenvalue weighted by Crippen LogP contribution is 2.27. The summed E-state index contributed by atoms with van der Waals surface area (Å²) in [6, 6.07) is 5.14. The van der Waals surface area contributed by atoms with Crippen molar-refractivity contribution in [3.8, 4) is 11.4 Å². The minimum atomic E-state index is -0.233. The second kappa shape index (κ2) is 4.87. The summed E-state index contributed by atoms with van der Waals surface area (Å²) in [6.45, 7) is -0.233. The zero-order chi connectivity index (χ0) is 12.4. The lowest BCUT2D eigenvalue weighted by atomic mass is 10.3. The van der Waals surface area contributed by atoms with E-state index < -0.39 is 0 Å². The van der Waals surface area contributed by atoms with Gasteiger partial charge in [0.1, 0.15) is 12.4 Å². The number of H-pyrrole nitrogens is 1. The number of nitrogens with zero attached hydrogens (tertiary/aromatic N) is 2. The molecular weight excluding hydrogens is 262 g/mol. The highest BCUT2D eigenvalue weighted by atomic mass is 35.5. The van der Waals surface area contributed by atoms with Crippen molar-refractivity contribution >= 4 is 23.8 Å². The van der Waals surface area contributed by atoms with Gasteiger partial charge in [0.25, 0.3) is 0 Å². The van der Waals surface area contributed by atoms with Crippen molar-refractivity contribution in [3.05, 3.63) is 33.8 Å². The van der Waals surface area contributed by atoms with E-state index in [4.69, 9.17) is 28.6 Å². The minimum absolute atomic E-state index is 0.233. The Morgan fingerprint density at radius 2 is 2.35 bits per heavy atom. The first kappa shape index (κ1) is 12.1. The summed E-state index contributed by atoms with van der Waals surface area (Å²) in [6.07, 6.45) is 0. The van der Waals surface area contributed by atoms with E-state index in [1.54, 1.807) is 29.9 Å². The number of benzene rings is 1. The number of hydrogen-bond donors (Lipinski definition) is 2. The zero-order valence-corrected chi connectivity index (χ0v) is 10.5. The lowest BCUT2D eigenvalue weighted by molar-refractivity contribution is 0.268. The van der Waals surface area contributed by atoms with Crippen LogP contribution >= 0.6 is 23.8 Å². The first-order valence-electron chi connectivity index (χ1n) is 4.78. The Morgan fingerprint density at radius 3 is 3.00 bits per heavy atom. The van der Waals surface area contributed by atoms with Crippen LogP contribution in [0.25, 0.3) is 5.69 Å². The van der Waals surface area contributed by atoms with Crippen LogP contribution in [0.3, 0.4) is 0 Å². The van der Waals surface area contributed by atoms with Gasteiger partial charge in [0.05, 0.1) is 12.8 Å². The molecule has 1 aromatic heterocycles. The van der Waals surface area contributed by atoms with Crippen molar-refractivity contribution in [3.63, 3.8) is 0 Å². The third kappa shape index (κ3) is 2.19. The van der Waals surface area contributed by atoms with Gasteiger partial charge in [-0.15, -0.1) is 0 Å². The van der Waals surface area contributed by atoms with Gasteiger partial charge < -0.3 is 9.84 Å². The number of methoxy groups -OCH3 is 1. The zero-order valence-electron chi connectivity index (χ0n) is 8.98. The van der Waals surface area contributed by atoms with Crippen LogP contribution in [-0.4, -0.2) is 27.0 Å². The maximum absolute atomic E-state index is 9.20. The summed E-state index contributed by atoms with van der Waals surface area (Å²) in [7, 11) is 1.55. The molecule has 90 valence electrons. The Bertz CT molecular complexity index is 593. The van der Waals surface area contributed by atoms with Gasteiger partial charge >= 0.3 is 0 Å². The molecule has 0 saturated heterocycles. The molecule has 0 spiro atoms. The SMILES string of the molecule is COc1ccc(Cl)cc1-n1c(CO)n[nH]c1=S. The van der Waals surface area contributed by atoms with Gasteiger partial charge in [0, 0.05) is 5.02 Å². The number of halogens is 1. The molecule has 0 bridgehead atoms. The van der Waals surface area contributed by atoms with E-state index in [9.17, 15) is 5.11 Å². The minimum Gasteiger partial charge on any atom is -0.495 e. The van der Waals surface area contributed by atoms with Gasteiger partial charge in [0.15, 0.2) is 10.6 Å². The summed E-state index contributed by atoms with van der Waals surface area (Å²) in [5.41, 5.74) is 0.641. The van der Waals surface area contributed by atoms with E-state index in [0.717, 1.165) is 0 Å². The van der Waals surface area contributed by atoms with Gasteiger partial charge in [-0.05, 0) is 30.4 Å². The lowest BCUT2D eigenvalue weighted by Gasteiger charge is -2.10. The van der Waals surface area contributed by atoms with Crippen molar-refractivity contribution in [2.45, 2.75) is 6.61 Å². The Kier molecular flexibility index (Phi) is 3.46. The topological polar surface area (TPSA) is 63.1 Å². The molecule has 0 atom stereocenters. The van der Waals surface area contributed by atoms with E-state index >= 15 is 0 Å². The quantitative estimate of drug-likeness (QED) is 0.839. The summed E-state index contributed by atoms with van der Waals surface area (Å²) in [5, 5.41) is 16.3. The molecule has 0 radical (unpaired) electrons. The smallest absolute Gasteiger partial charge is 0.200 e. The van der Waals surface area contributed by atoms with E-state index in [-0.39, 0.29) is 6.61 Å². The number of rotatable bonds is 3. The van der Waals surface area contributed by atoms with Gasteiger partial charge in [-0.1, -0.05) is 11.6 Å². The Morgan fingerprint density at radius 1 is 1.59 bits per heavy atom. The van der Waals surface area contributed by atoms with Crippen molar-refractivity contribution in [2.24, 2.45) is 0 Å². The van der Waals surface area contributed by atoms with Crippen LogP contribution in [0.4, 0.5) is 0 Å². The molecule has 2 aromatic rings. The predicted octanol–water partition coefficient (Wildman–Crippen LogP) is 2.08. The standard InChI is InChI=1S/C10H10ClN3O2S/c1-16-8-3-2-6(11)4-7(8)14-9(5-15)12-13-10(14)17/h2-4,15H,5H2,1H3,(H,13,17). The molecule has 0 amide bonds. The molecule has 1 heterocycles. The maximum atomic E-state index is 9.20. The number of ether oxygens (including phenoxy) is 1. The highest BCUT2D eigenvalue weighted by Gasteiger charge is 2.12. The van der Waals surface area contributed by atoms with Crippen molar-refractivity contribution < 1.29 is 9.84 Å². The van der Waals surface area contributed by atoms with E-state index in [1.807, 2.05) is 0 Å². The molecule has 0 fully saturated rings. The summed E-state index contributed by atoms with van der Waals surface area (Å²) in [4.78, 5) is 0. The Hall–Kier alpha value is -1.37. The van der Waals surface area contributed by atoms with Crippen LogP contribution in [0, 0.1) is 4.77 Å². The fraction of sp³-hybridized carbons (Fsp3) is 0.200. The van der Waals surface area contributed by atoms with Crippen LogP contribution < -0.4 is 4.74 Å². The third-order valence-corrected chi connectivity index (χ3v) is 2.77. The fourth-order valence-electron chi connectivity index (χ4n) is 1.52. The van der Waals surface area contributed by atoms with Crippen LogP contribution in [0.2, 0.25) is 5.02 Å². The van der Waals surface area contributed by atoms with E-state index in [2.05, 4.69) is 10.2 Å². The second-order valence-corrected chi connectivity index (χ2v) is 4.08. The molecule has 5 nitrogen and oxygen atoms in total. The summed E-state index contributed by atoms with van der Waals surface area (Å²) < 4.78 is 7.18. The number of aromatic amines is 1. The summed E-state index contributed by atoms with van der Waals surface area (Å²) >= 11 is 11.0. The molecule has 0 aliphatic carbocycles. The lowest BCUT2D eigenvalue weighted by Crippen LogP contribution is -2.03. The van der Waals surface area contributed by atoms with Crippen molar-refractivity contribution in [1.82, 2.24) is 14.8 Å². The van der Waals surface area contributed by atoms with Gasteiger partial charge in [-0.25, -0.2) is 0 Å². The maximum Gasteiger partial charge on any atom is 0.200 e. The molecular formula is C10H10ClN3O2S. The molecule has 7 heteroatoms. The number of hydrogen-bond acceptors (Lipinski definition) is 4. The Labute approximate surface area is 108 Å². The molecule has 0 aliphatic heterocycles. The molecule has 2 N–H and O–H groups in total. The first-order valence-corrected chi connectivity index (χ1v) is 5.57. The van der Waals surface area contributed by atoms with Crippen LogP contribution in [0.5, 0.6) is 5.75 Å². The first-order chi connectivity index (χ1) is 8.17. The summed E-state index contributed by atoms with van der Waals surface area (Å²) in [5.74, 6) is 0.997. The number of aromatic nitrogens is 3. The average Bonchev–Trinajstić information content (AvgIpc) is 2.70. The van der Waals surface area contributed by atoms with E-state index in [0.29, 0.717) is 27.1 Å². The fourth-order valence-corrected chi connectivity index (χ4v) is 1.94. The second-order valence-electron chi connectivity index (χ2n) is 3.25. The van der Waals surface area contributed by atoms with Crippen LogP contribution in [0.1, 0.15) is 5.82 Å². The van der Waals surface area contributed by atoms with Crippen molar-refractivity contribution in [2.75, 3.05) is 7.11 Å². The van der Waals surface area contributed by atoms with Gasteiger partial charge in [-0.2, -0.15) is 5.10 Å². The predicted molar refractivity (Wildman–Crippen MR) is 66.2 cm³/mol. The molecule has 0 saturated carbocycles. The van der Waals surface area contributed by atoms with Gasteiger partial charge in [-0.3, -0.25) is 9.67 Å². The average molecular weight is 272 g/mol. The monoisotopic (exact) mass is 271 g/mol. The normalized spacial score (nSPS) is 10.5. The number of aliphatic hydroxyl groups excluding tert-OH is 1. The van der Waals surface area contributed by atoms with Crippen LogP contribution in [0.15, 0.2) is 18.2 Å². The van der Waals surface area contributed by atoms with Gasteiger partial charge in [0.2, 0.25) is 0 Å². The largest absolute Gasteiger partial charge is 0.495 e. The van der Waals surface area contributed by atoms with E-state index in [1.165, 1.54) is 0 Å². The van der Waals surface area contributed by atoms with Crippen LogP contribution in [-0.2, 0) is 6.61 Å². The third-order valence-electron chi connectivity index (χ3n) is 2.27. The molecule has 0 unspecified atom stereocenters. The highest BCUT2D eigenvalue weighted by molar-refractivity contribution is 7.71. The number of aliphatic hydroxyl groups is 1. The molecule has 1 aromatic carbocycles. The Balaban J connectivity index is 2.70. The number of nitrogens with one attached hydrogen (secondary N) is 1. The van der Waals surface area contributed by atoms with Crippen molar-refractivity contribution in [1.29, 1.82) is 0 Å². The molecule has 2 rings (SSSR count).